The maximum absolute atomic E-state index is 13.4. The van der Waals surface area contributed by atoms with Crippen LogP contribution in [0.3, 0.4) is 0 Å². The molecule has 34 heavy (non-hydrogen) atoms. The number of aromatic nitrogens is 2. The Balaban J connectivity index is 1.46. The zero-order valence-electron chi connectivity index (χ0n) is 19.5. The smallest absolute Gasteiger partial charge is 0.240 e. The average molecular weight is 457 g/mol. The van der Waals surface area contributed by atoms with Gasteiger partial charge in [-0.2, -0.15) is 5.26 Å². The van der Waals surface area contributed by atoms with Gasteiger partial charge in [0.15, 0.2) is 0 Å². The van der Waals surface area contributed by atoms with Gasteiger partial charge in [0.25, 0.3) is 0 Å². The van der Waals surface area contributed by atoms with Crippen LogP contribution in [0.15, 0.2) is 67.1 Å². The van der Waals surface area contributed by atoms with E-state index in [0.29, 0.717) is 31.7 Å². The molecule has 0 spiro atoms. The summed E-state index contributed by atoms with van der Waals surface area (Å²) in [6, 6.07) is 19.8. The zero-order valence-corrected chi connectivity index (χ0v) is 19.5. The molecule has 7 nitrogen and oxygen atoms in total. The number of amides is 1. The molecule has 2 heterocycles. The van der Waals surface area contributed by atoms with Crippen molar-refractivity contribution in [2.24, 2.45) is 5.73 Å². The van der Waals surface area contributed by atoms with Crippen LogP contribution in [-0.4, -0.2) is 50.9 Å². The van der Waals surface area contributed by atoms with Crippen molar-refractivity contribution in [3.63, 3.8) is 0 Å². The Morgan fingerprint density at radius 2 is 1.82 bits per heavy atom. The van der Waals surface area contributed by atoms with Gasteiger partial charge in [0, 0.05) is 32.4 Å². The SMILES string of the molecule is N#Cc1ccc(Cn2cncc2CN(CCCCN)[C@@H]2CCN(Cc3ccccc3)C2=O)cc1. The normalized spacial score (nSPS) is 15.7. The van der Waals surface area contributed by atoms with Gasteiger partial charge in [0.2, 0.25) is 5.91 Å². The third kappa shape index (κ3) is 5.90. The fourth-order valence-electron chi connectivity index (χ4n) is 4.54. The minimum atomic E-state index is -0.125. The van der Waals surface area contributed by atoms with Crippen molar-refractivity contribution in [3.8, 4) is 6.07 Å². The molecule has 1 aliphatic rings. The lowest BCUT2D eigenvalue weighted by Crippen LogP contribution is -2.42. The number of unbranched alkanes of at least 4 members (excludes halogenated alkanes) is 1. The molecule has 1 aromatic heterocycles. The van der Waals surface area contributed by atoms with Gasteiger partial charge < -0.3 is 15.2 Å². The lowest BCUT2D eigenvalue weighted by Gasteiger charge is -2.28. The third-order valence-electron chi connectivity index (χ3n) is 6.43. The maximum atomic E-state index is 13.4. The number of imidazole rings is 1. The van der Waals surface area contributed by atoms with Gasteiger partial charge in [-0.1, -0.05) is 42.5 Å². The van der Waals surface area contributed by atoms with E-state index in [1.807, 2.05) is 59.9 Å². The Kier molecular flexibility index (Phi) is 8.08. The fraction of sp³-hybridized carbons (Fsp3) is 0.370. The predicted octanol–water partition coefficient (Wildman–Crippen LogP) is 3.15. The van der Waals surface area contributed by atoms with E-state index in [4.69, 9.17) is 11.0 Å². The summed E-state index contributed by atoms with van der Waals surface area (Å²) in [4.78, 5) is 22.0. The molecule has 2 N–H and O–H groups in total. The number of hydrogen-bond donors (Lipinski definition) is 1. The molecule has 1 amide bonds. The van der Waals surface area contributed by atoms with Crippen molar-refractivity contribution < 1.29 is 4.79 Å². The van der Waals surface area contributed by atoms with E-state index in [2.05, 4.69) is 32.7 Å². The number of nitriles is 1. The molecular weight excluding hydrogens is 424 g/mol. The number of likely N-dealkylation sites (tertiary alicyclic amines) is 1. The van der Waals surface area contributed by atoms with E-state index in [1.165, 1.54) is 0 Å². The highest BCUT2D eigenvalue weighted by Gasteiger charge is 2.36. The van der Waals surface area contributed by atoms with Gasteiger partial charge in [-0.05, 0) is 55.6 Å². The Bertz CT molecular complexity index is 1100. The van der Waals surface area contributed by atoms with Crippen molar-refractivity contribution >= 4 is 5.91 Å². The summed E-state index contributed by atoms with van der Waals surface area (Å²) in [6.07, 6.45) is 6.46. The van der Waals surface area contributed by atoms with Crippen LogP contribution in [0.25, 0.3) is 0 Å². The third-order valence-corrected chi connectivity index (χ3v) is 6.43. The maximum Gasteiger partial charge on any atom is 0.240 e. The number of nitrogens with zero attached hydrogens (tertiary/aromatic N) is 5. The molecule has 0 bridgehead atoms. The molecule has 1 aliphatic heterocycles. The molecule has 2 aromatic carbocycles. The Labute approximate surface area is 201 Å². The van der Waals surface area contributed by atoms with Crippen LogP contribution in [0, 0.1) is 11.3 Å². The summed E-state index contributed by atoms with van der Waals surface area (Å²) >= 11 is 0. The van der Waals surface area contributed by atoms with Crippen molar-refractivity contribution in [2.45, 2.75) is 44.9 Å². The number of nitrogens with two attached hydrogens (primary N) is 1. The Hall–Kier alpha value is -3.47. The van der Waals surface area contributed by atoms with Gasteiger partial charge in [-0.3, -0.25) is 9.69 Å². The highest BCUT2D eigenvalue weighted by Crippen LogP contribution is 2.22. The highest BCUT2D eigenvalue weighted by molar-refractivity contribution is 5.84. The molecule has 0 radical (unpaired) electrons. The number of carbonyl (C=O) groups excluding carboxylic acids is 1. The van der Waals surface area contributed by atoms with E-state index < -0.39 is 0 Å². The molecule has 3 aromatic rings. The monoisotopic (exact) mass is 456 g/mol. The number of benzene rings is 2. The molecule has 4 rings (SSSR count). The molecule has 1 fully saturated rings. The second-order valence-electron chi connectivity index (χ2n) is 8.84. The largest absolute Gasteiger partial charge is 0.337 e. The predicted molar refractivity (Wildman–Crippen MR) is 131 cm³/mol. The number of rotatable bonds is 11. The summed E-state index contributed by atoms with van der Waals surface area (Å²) < 4.78 is 2.12. The van der Waals surface area contributed by atoms with Crippen LogP contribution >= 0.6 is 0 Å². The minimum Gasteiger partial charge on any atom is -0.337 e. The molecule has 0 saturated carbocycles. The second kappa shape index (κ2) is 11.6. The van der Waals surface area contributed by atoms with E-state index in [0.717, 1.165) is 49.2 Å². The second-order valence-corrected chi connectivity index (χ2v) is 8.84. The van der Waals surface area contributed by atoms with E-state index in [-0.39, 0.29) is 11.9 Å². The molecular formula is C27H32N6O. The van der Waals surface area contributed by atoms with Crippen molar-refractivity contribution in [1.82, 2.24) is 19.4 Å². The molecule has 1 atom stereocenters. The molecule has 1 saturated heterocycles. The zero-order chi connectivity index (χ0) is 23.8. The van der Waals surface area contributed by atoms with Crippen LogP contribution in [-0.2, 0) is 24.4 Å². The van der Waals surface area contributed by atoms with E-state index in [1.54, 1.807) is 0 Å². The van der Waals surface area contributed by atoms with Gasteiger partial charge in [0.1, 0.15) is 0 Å². The first-order valence-corrected chi connectivity index (χ1v) is 11.9. The summed E-state index contributed by atoms with van der Waals surface area (Å²) in [7, 11) is 0. The molecule has 0 unspecified atom stereocenters. The lowest BCUT2D eigenvalue weighted by molar-refractivity contribution is -0.132. The molecule has 0 aliphatic carbocycles. The highest BCUT2D eigenvalue weighted by atomic mass is 16.2. The van der Waals surface area contributed by atoms with Gasteiger partial charge in [-0.25, -0.2) is 4.98 Å². The first-order valence-electron chi connectivity index (χ1n) is 11.9. The van der Waals surface area contributed by atoms with Crippen molar-refractivity contribution in [3.05, 3.63) is 89.5 Å². The van der Waals surface area contributed by atoms with Crippen molar-refractivity contribution in [2.75, 3.05) is 19.6 Å². The quantitative estimate of drug-likeness (QED) is 0.448. The van der Waals surface area contributed by atoms with Crippen LogP contribution in [0.4, 0.5) is 0 Å². The summed E-state index contributed by atoms with van der Waals surface area (Å²) in [6.45, 7) is 4.25. The molecule has 176 valence electrons. The average Bonchev–Trinajstić information content (AvgIpc) is 3.45. The fourth-order valence-corrected chi connectivity index (χ4v) is 4.54. The van der Waals surface area contributed by atoms with Gasteiger partial charge in [0.05, 0.1) is 29.7 Å². The van der Waals surface area contributed by atoms with Crippen LogP contribution in [0.5, 0.6) is 0 Å². The summed E-state index contributed by atoms with van der Waals surface area (Å²) in [5.74, 6) is 0.203. The number of carbonyl (C=O) groups is 1. The summed E-state index contributed by atoms with van der Waals surface area (Å²) in [5, 5.41) is 9.03. The van der Waals surface area contributed by atoms with Crippen LogP contribution in [0.1, 0.15) is 41.6 Å². The minimum absolute atomic E-state index is 0.125. The van der Waals surface area contributed by atoms with E-state index >= 15 is 0 Å². The summed E-state index contributed by atoms with van der Waals surface area (Å²) in [5.41, 5.74) is 9.74. The van der Waals surface area contributed by atoms with Crippen LogP contribution < -0.4 is 5.73 Å². The van der Waals surface area contributed by atoms with Crippen LogP contribution in [0.2, 0.25) is 0 Å². The van der Waals surface area contributed by atoms with Gasteiger partial charge >= 0.3 is 0 Å². The van der Waals surface area contributed by atoms with E-state index in [9.17, 15) is 4.79 Å². The lowest BCUT2D eigenvalue weighted by atomic mass is 10.1. The first kappa shape index (κ1) is 23.7. The number of hydrogen-bond acceptors (Lipinski definition) is 5. The van der Waals surface area contributed by atoms with Gasteiger partial charge in [-0.15, -0.1) is 0 Å². The topological polar surface area (TPSA) is 91.2 Å². The Morgan fingerprint density at radius 3 is 2.56 bits per heavy atom. The Morgan fingerprint density at radius 1 is 1.06 bits per heavy atom. The molecule has 7 heteroatoms. The van der Waals surface area contributed by atoms with Crippen molar-refractivity contribution in [1.29, 1.82) is 5.26 Å². The first-order chi connectivity index (χ1) is 16.7. The standard InChI is InChI=1S/C27H32N6O/c28-13-4-5-14-31(26-12-15-32(27(26)34)18-23-6-2-1-3-7-23)20-25-17-30-21-33(25)19-24-10-8-22(16-29)9-11-24/h1-3,6-11,17,21,26H,4-5,12-15,18-20,28H2/t26-/m1/s1.